The Morgan fingerprint density at radius 2 is 0.907 bits per heavy atom. The molecule has 5 aromatic carbocycles. The van der Waals surface area contributed by atoms with Crippen LogP contribution in [0.2, 0.25) is 0 Å². The van der Waals surface area contributed by atoms with E-state index in [1.54, 1.807) is 0 Å². The average molecular weight is 551 g/mol. The number of hydrogen-bond acceptors (Lipinski definition) is 2. The van der Waals surface area contributed by atoms with E-state index >= 15 is 0 Å². The zero-order valence-electron chi connectivity index (χ0n) is 23.7. The summed E-state index contributed by atoms with van der Waals surface area (Å²) in [6, 6.07) is 47.2. The molecule has 0 bridgehead atoms. The molecule has 0 spiro atoms. The standard InChI is InChI=1S/C41H30N2/c1-4-10-33(11-5-1)16-18-35-20-24-37(25-21-35)28-30-39-32-41(43(42-39)40-14-8-3-9-15-40)31-29-38-26-22-36(23-27-38)19-17-34-12-6-2-7-13-34/h1-15,20-32,41-42H. The predicted molar refractivity (Wildman–Crippen MR) is 180 cm³/mol. The van der Waals surface area contributed by atoms with Crippen molar-refractivity contribution in [2.24, 2.45) is 0 Å². The molecular weight excluding hydrogens is 520 g/mol. The summed E-state index contributed by atoms with van der Waals surface area (Å²) >= 11 is 0. The summed E-state index contributed by atoms with van der Waals surface area (Å²) in [4.78, 5) is 0. The lowest BCUT2D eigenvalue weighted by atomic mass is 10.1. The highest BCUT2D eigenvalue weighted by Crippen LogP contribution is 2.23. The molecule has 2 nitrogen and oxygen atoms in total. The van der Waals surface area contributed by atoms with E-state index < -0.39 is 0 Å². The van der Waals surface area contributed by atoms with Gasteiger partial charge in [0.2, 0.25) is 0 Å². The molecule has 1 unspecified atom stereocenters. The summed E-state index contributed by atoms with van der Waals surface area (Å²) in [5.74, 6) is 12.9. The van der Waals surface area contributed by atoms with Crippen LogP contribution in [-0.2, 0) is 0 Å². The van der Waals surface area contributed by atoms with Crippen molar-refractivity contribution in [3.8, 4) is 23.7 Å². The van der Waals surface area contributed by atoms with Gasteiger partial charge in [0.25, 0.3) is 0 Å². The minimum atomic E-state index is 0.0511. The Morgan fingerprint density at radius 3 is 1.42 bits per heavy atom. The highest BCUT2D eigenvalue weighted by Gasteiger charge is 2.21. The van der Waals surface area contributed by atoms with Gasteiger partial charge in [-0.3, -0.25) is 10.4 Å². The largest absolute Gasteiger partial charge is 0.298 e. The molecule has 0 amide bonds. The molecule has 1 atom stereocenters. The third-order valence-electron chi connectivity index (χ3n) is 6.94. The highest BCUT2D eigenvalue weighted by molar-refractivity contribution is 5.61. The maximum Gasteiger partial charge on any atom is 0.0892 e. The van der Waals surface area contributed by atoms with E-state index in [1.807, 2.05) is 66.7 Å². The van der Waals surface area contributed by atoms with Crippen LogP contribution in [0.25, 0.3) is 12.2 Å². The van der Waals surface area contributed by atoms with Crippen LogP contribution in [0.15, 0.2) is 163 Å². The Kier molecular flexibility index (Phi) is 8.61. The van der Waals surface area contributed by atoms with Gasteiger partial charge in [0, 0.05) is 22.3 Å². The van der Waals surface area contributed by atoms with Gasteiger partial charge in [-0.1, -0.05) is 121 Å². The van der Waals surface area contributed by atoms with Crippen molar-refractivity contribution in [2.45, 2.75) is 6.04 Å². The number of para-hydroxylation sites is 1. The quantitative estimate of drug-likeness (QED) is 0.221. The van der Waals surface area contributed by atoms with Crippen molar-refractivity contribution in [2.75, 3.05) is 5.01 Å². The van der Waals surface area contributed by atoms with Crippen molar-refractivity contribution in [1.82, 2.24) is 5.43 Å². The second kappa shape index (κ2) is 13.6. The van der Waals surface area contributed by atoms with Crippen LogP contribution in [0.3, 0.4) is 0 Å². The fraction of sp³-hybridized carbons (Fsp3) is 0.0244. The first-order valence-electron chi connectivity index (χ1n) is 14.3. The van der Waals surface area contributed by atoms with Crippen molar-refractivity contribution < 1.29 is 0 Å². The van der Waals surface area contributed by atoms with Gasteiger partial charge >= 0.3 is 0 Å². The van der Waals surface area contributed by atoms with Crippen LogP contribution >= 0.6 is 0 Å². The Morgan fingerprint density at radius 1 is 0.465 bits per heavy atom. The van der Waals surface area contributed by atoms with E-state index in [2.05, 4.69) is 137 Å². The number of benzene rings is 5. The molecule has 6 rings (SSSR count). The van der Waals surface area contributed by atoms with E-state index in [-0.39, 0.29) is 6.04 Å². The van der Waals surface area contributed by atoms with Gasteiger partial charge < -0.3 is 0 Å². The van der Waals surface area contributed by atoms with Gasteiger partial charge in [0.05, 0.1) is 17.4 Å². The molecule has 1 aliphatic heterocycles. The number of anilines is 1. The van der Waals surface area contributed by atoms with Gasteiger partial charge in [-0.2, -0.15) is 0 Å². The lowest BCUT2D eigenvalue weighted by molar-refractivity contribution is 0.758. The minimum Gasteiger partial charge on any atom is -0.298 e. The monoisotopic (exact) mass is 550 g/mol. The number of hydrazine groups is 1. The molecular formula is C41H30N2. The SMILES string of the molecule is C(#Cc1ccc(C=CC2=CC(C=Cc3ccc(C#Cc4ccccc4)cc3)N(c3ccccc3)N2)cc1)c1ccccc1. The molecule has 0 aromatic heterocycles. The number of nitrogens with one attached hydrogen (secondary N) is 1. The number of rotatable bonds is 5. The van der Waals surface area contributed by atoms with Crippen LogP contribution in [0.4, 0.5) is 5.69 Å². The summed E-state index contributed by atoms with van der Waals surface area (Å²) in [6.07, 6.45) is 10.9. The van der Waals surface area contributed by atoms with E-state index in [1.165, 1.54) is 0 Å². The Balaban J connectivity index is 1.15. The van der Waals surface area contributed by atoms with Crippen LogP contribution in [0.5, 0.6) is 0 Å². The van der Waals surface area contributed by atoms with E-state index in [0.29, 0.717) is 0 Å². The fourth-order valence-electron chi connectivity index (χ4n) is 4.65. The maximum absolute atomic E-state index is 3.57. The van der Waals surface area contributed by atoms with Crippen molar-refractivity contribution in [1.29, 1.82) is 0 Å². The molecule has 1 N–H and O–H groups in total. The van der Waals surface area contributed by atoms with E-state index in [4.69, 9.17) is 0 Å². The number of hydrogen-bond donors (Lipinski definition) is 1. The second-order valence-electron chi connectivity index (χ2n) is 10.1. The zero-order chi connectivity index (χ0) is 29.1. The van der Waals surface area contributed by atoms with Crippen LogP contribution < -0.4 is 10.4 Å². The summed E-state index contributed by atoms with van der Waals surface area (Å²) in [7, 11) is 0. The predicted octanol–water partition coefficient (Wildman–Crippen LogP) is 8.49. The molecule has 204 valence electrons. The van der Waals surface area contributed by atoms with Crippen molar-refractivity contribution >= 4 is 17.8 Å². The van der Waals surface area contributed by atoms with Gasteiger partial charge in [-0.15, -0.1) is 0 Å². The third-order valence-corrected chi connectivity index (χ3v) is 6.94. The maximum atomic E-state index is 3.57. The molecule has 0 aliphatic carbocycles. The summed E-state index contributed by atoms with van der Waals surface area (Å²) < 4.78 is 0. The smallest absolute Gasteiger partial charge is 0.0892 e. The third kappa shape index (κ3) is 7.62. The molecule has 2 heteroatoms. The number of nitrogens with zero attached hydrogens (tertiary/aromatic N) is 1. The summed E-state index contributed by atoms with van der Waals surface area (Å²) in [6.45, 7) is 0. The first kappa shape index (κ1) is 27.2. The van der Waals surface area contributed by atoms with Gasteiger partial charge in [0.15, 0.2) is 0 Å². The van der Waals surface area contributed by atoms with Crippen LogP contribution in [0.1, 0.15) is 33.4 Å². The topological polar surface area (TPSA) is 15.3 Å². The Hall–Kier alpha value is -5.96. The normalized spacial score (nSPS) is 14.0. The summed E-state index contributed by atoms with van der Waals surface area (Å²) in [5.41, 5.74) is 12.0. The van der Waals surface area contributed by atoms with Crippen LogP contribution in [-0.4, -0.2) is 6.04 Å². The molecule has 0 radical (unpaired) electrons. The van der Waals surface area contributed by atoms with Gasteiger partial charge in [-0.25, -0.2) is 0 Å². The van der Waals surface area contributed by atoms with E-state index in [0.717, 1.165) is 44.8 Å². The lowest BCUT2D eigenvalue weighted by Gasteiger charge is -2.25. The van der Waals surface area contributed by atoms with E-state index in [9.17, 15) is 0 Å². The van der Waals surface area contributed by atoms with Crippen molar-refractivity contribution in [3.63, 3.8) is 0 Å². The van der Waals surface area contributed by atoms with Gasteiger partial charge in [-0.05, 0) is 83.9 Å². The lowest BCUT2D eigenvalue weighted by Crippen LogP contribution is -2.37. The van der Waals surface area contributed by atoms with Gasteiger partial charge in [0.1, 0.15) is 0 Å². The zero-order valence-corrected chi connectivity index (χ0v) is 23.7. The average Bonchev–Trinajstić information content (AvgIpc) is 3.50. The molecule has 1 heterocycles. The summed E-state index contributed by atoms with van der Waals surface area (Å²) in [5, 5.41) is 2.18. The Bertz CT molecular complexity index is 1860. The second-order valence-corrected chi connectivity index (χ2v) is 10.1. The number of allylic oxidation sites excluding steroid dienone is 1. The molecule has 43 heavy (non-hydrogen) atoms. The molecule has 1 aliphatic rings. The molecule has 5 aromatic rings. The first-order valence-corrected chi connectivity index (χ1v) is 14.3. The van der Waals surface area contributed by atoms with Crippen LogP contribution in [0, 0.1) is 23.7 Å². The first-order chi connectivity index (χ1) is 21.3. The molecule has 0 fully saturated rings. The molecule has 0 saturated heterocycles. The molecule has 0 saturated carbocycles. The highest BCUT2D eigenvalue weighted by atomic mass is 15.5. The Labute approximate surface area is 254 Å². The minimum absolute atomic E-state index is 0.0511. The van der Waals surface area contributed by atoms with Crippen molar-refractivity contribution in [3.05, 3.63) is 197 Å². The fourth-order valence-corrected chi connectivity index (χ4v) is 4.65.